The standard InChI is InChI=1S/C22H45NO4Si2/c1-15-22(8,27-29(13,14)21(5,6)7)17-18(16-19(24)23(9)25-10)26-28(11,12)20(2,3)4/h1,18H,16-17H2,2-14H3/t18-,22+/m1/s1. The molecule has 0 heterocycles. The van der Waals surface area contributed by atoms with E-state index < -0.39 is 22.2 Å². The summed E-state index contributed by atoms with van der Waals surface area (Å²) in [5.74, 6) is 2.73. The van der Waals surface area contributed by atoms with Gasteiger partial charge in [-0.15, -0.1) is 6.42 Å². The molecule has 2 atom stereocenters. The second-order valence-corrected chi connectivity index (χ2v) is 20.7. The smallest absolute Gasteiger partial charge is 0.248 e. The van der Waals surface area contributed by atoms with Gasteiger partial charge in [-0.2, -0.15) is 0 Å². The molecular formula is C22H45NO4Si2. The molecule has 0 aliphatic rings. The first-order valence-electron chi connectivity index (χ1n) is 10.4. The van der Waals surface area contributed by atoms with Crippen molar-refractivity contribution in [3.05, 3.63) is 0 Å². The van der Waals surface area contributed by atoms with E-state index in [1.165, 1.54) is 12.2 Å². The van der Waals surface area contributed by atoms with Crippen LogP contribution in [0, 0.1) is 12.3 Å². The quantitative estimate of drug-likeness (QED) is 0.265. The van der Waals surface area contributed by atoms with E-state index in [1.807, 2.05) is 6.92 Å². The van der Waals surface area contributed by atoms with E-state index in [4.69, 9.17) is 20.1 Å². The molecule has 0 aliphatic carbocycles. The van der Waals surface area contributed by atoms with Crippen LogP contribution in [0.3, 0.4) is 0 Å². The van der Waals surface area contributed by atoms with Gasteiger partial charge in [-0.3, -0.25) is 9.63 Å². The number of rotatable bonds is 9. The van der Waals surface area contributed by atoms with E-state index in [-0.39, 0.29) is 28.5 Å². The lowest BCUT2D eigenvalue weighted by Gasteiger charge is -2.45. The molecule has 0 aromatic rings. The molecule has 0 saturated heterocycles. The van der Waals surface area contributed by atoms with E-state index in [0.717, 1.165) is 0 Å². The molecular weight excluding hydrogens is 398 g/mol. The number of carbonyl (C=O) groups excluding carboxylic acids is 1. The molecule has 0 spiro atoms. The SMILES string of the molecule is C#C[C@@](C)(C[C@@H](CC(=O)N(C)OC)O[Si](C)(C)C(C)(C)C)O[Si](C)(C)C(C)(C)C. The molecule has 0 unspecified atom stereocenters. The fourth-order valence-electron chi connectivity index (χ4n) is 2.45. The number of hydrogen-bond donors (Lipinski definition) is 0. The van der Waals surface area contributed by atoms with Gasteiger partial charge in [-0.1, -0.05) is 47.5 Å². The summed E-state index contributed by atoms with van der Waals surface area (Å²) in [4.78, 5) is 17.7. The van der Waals surface area contributed by atoms with Gasteiger partial charge in [0.2, 0.25) is 5.91 Å². The Morgan fingerprint density at radius 1 is 1.00 bits per heavy atom. The molecule has 0 fully saturated rings. The monoisotopic (exact) mass is 443 g/mol. The summed E-state index contributed by atoms with van der Waals surface area (Å²) in [6, 6.07) is 0. The van der Waals surface area contributed by atoms with E-state index in [0.29, 0.717) is 6.42 Å². The van der Waals surface area contributed by atoms with Gasteiger partial charge in [0.25, 0.3) is 0 Å². The lowest BCUT2D eigenvalue weighted by atomic mass is 9.98. The summed E-state index contributed by atoms with van der Waals surface area (Å²) in [7, 11) is -1.12. The van der Waals surface area contributed by atoms with E-state index in [1.54, 1.807) is 7.05 Å². The maximum atomic E-state index is 12.6. The third-order valence-electron chi connectivity index (χ3n) is 6.50. The molecule has 0 saturated carbocycles. The molecule has 29 heavy (non-hydrogen) atoms. The average molecular weight is 444 g/mol. The van der Waals surface area contributed by atoms with Crippen LogP contribution in [-0.2, 0) is 18.5 Å². The zero-order chi connectivity index (χ0) is 23.5. The molecule has 5 nitrogen and oxygen atoms in total. The number of terminal acetylenes is 1. The maximum absolute atomic E-state index is 12.6. The maximum Gasteiger partial charge on any atom is 0.248 e. The molecule has 1 amide bonds. The van der Waals surface area contributed by atoms with Gasteiger partial charge in [0.05, 0.1) is 19.6 Å². The summed E-state index contributed by atoms with van der Waals surface area (Å²) >= 11 is 0. The van der Waals surface area contributed by atoms with Crippen molar-refractivity contribution in [1.82, 2.24) is 5.06 Å². The summed E-state index contributed by atoms with van der Waals surface area (Å²) in [5.41, 5.74) is -0.804. The molecule has 0 N–H and O–H groups in total. The Hall–Kier alpha value is -0.656. The van der Waals surface area contributed by atoms with Gasteiger partial charge in [-0.25, -0.2) is 5.06 Å². The minimum Gasteiger partial charge on any atom is -0.413 e. The van der Waals surface area contributed by atoms with Crippen molar-refractivity contribution in [3.8, 4) is 12.3 Å². The predicted octanol–water partition coefficient (Wildman–Crippen LogP) is 5.59. The second kappa shape index (κ2) is 9.65. The van der Waals surface area contributed by atoms with Gasteiger partial charge in [0.1, 0.15) is 5.60 Å². The van der Waals surface area contributed by atoms with Gasteiger partial charge < -0.3 is 8.85 Å². The van der Waals surface area contributed by atoms with Crippen LogP contribution in [0.25, 0.3) is 0 Å². The first kappa shape index (κ1) is 28.3. The highest BCUT2D eigenvalue weighted by molar-refractivity contribution is 6.74. The van der Waals surface area contributed by atoms with Crippen LogP contribution < -0.4 is 0 Å². The Bertz CT molecular complexity index is 599. The first-order chi connectivity index (χ1) is 12.7. The Labute approximate surface area is 182 Å². The van der Waals surface area contributed by atoms with Crippen molar-refractivity contribution in [2.24, 2.45) is 0 Å². The van der Waals surface area contributed by atoms with Gasteiger partial charge in [-0.05, 0) is 43.2 Å². The zero-order valence-corrected chi connectivity index (χ0v) is 23.1. The minimum absolute atomic E-state index is 0.0221. The molecule has 7 heteroatoms. The summed E-state index contributed by atoms with van der Waals surface area (Å²) < 4.78 is 13.3. The lowest BCUT2D eigenvalue weighted by molar-refractivity contribution is -0.170. The number of carbonyl (C=O) groups is 1. The number of hydrogen-bond acceptors (Lipinski definition) is 4. The molecule has 0 bridgehead atoms. The molecule has 0 aliphatic heterocycles. The second-order valence-electron chi connectivity index (χ2n) is 11.2. The van der Waals surface area contributed by atoms with Crippen LogP contribution in [0.5, 0.6) is 0 Å². The third kappa shape index (κ3) is 8.18. The van der Waals surface area contributed by atoms with Crippen LogP contribution in [0.15, 0.2) is 0 Å². The largest absolute Gasteiger partial charge is 0.413 e. The van der Waals surface area contributed by atoms with Crippen LogP contribution in [-0.4, -0.2) is 53.5 Å². The number of amides is 1. The van der Waals surface area contributed by atoms with Crippen LogP contribution >= 0.6 is 0 Å². The van der Waals surface area contributed by atoms with Crippen molar-refractivity contribution in [2.75, 3.05) is 14.2 Å². The van der Waals surface area contributed by atoms with E-state index >= 15 is 0 Å². The zero-order valence-electron chi connectivity index (χ0n) is 21.1. The Morgan fingerprint density at radius 3 is 1.79 bits per heavy atom. The highest BCUT2D eigenvalue weighted by Crippen LogP contribution is 2.42. The molecule has 0 radical (unpaired) electrons. The molecule has 0 aromatic carbocycles. The lowest BCUT2D eigenvalue weighted by Crippen LogP contribution is -2.51. The van der Waals surface area contributed by atoms with Gasteiger partial charge >= 0.3 is 0 Å². The Kier molecular flexibility index (Phi) is 9.43. The topological polar surface area (TPSA) is 48.0 Å². The highest BCUT2D eigenvalue weighted by atomic mass is 28.4. The van der Waals surface area contributed by atoms with Crippen molar-refractivity contribution < 1.29 is 18.5 Å². The van der Waals surface area contributed by atoms with Crippen molar-refractivity contribution in [1.29, 1.82) is 0 Å². The Balaban J connectivity index is 5.82. The summed E-state index contributed by atoms with van der Waals surface area (Å²) in [6.45, 7) is 23.8. The number of nitrogens with zero attached hydrogens (tertiary/aromatic N) is 1. The van der Waals surface area contributed by atoms with Crippen LogP contribution in [0.1, 0.15) is 61.3 Å². The molecule has 170 valence electrons. The third-order valence-corrected chi connectivity index (χ3v) is 15.6. The van der Waals surface area contributed by atoms with Gasteiger partial charge in [0.15, 0.2) is 16.6 Å². The first-order valence-corrected chi connectivity index (χ1v) is 16.2. The minimum atomic E-state index is -2.11. The molecule has 0 aromatic heterocycles. The normalized spacial score (nSPS) is 16.7. The Morgan fingerprint density at radius 2 is 1.45 bits per heavy atom. The predicted molar refractivity (Wildman–Crippen MR) is 127 cm³/mol. The fraction of sp³-hybridized carbons (Fsp3) is 0.864. The van der Waals surface area contributed by atoms with E-state index in [9.17, 15) is 4.79 Å². The van der Waals surface area contributed by atoms with Crippen molar-refractivity contribution in [2.45, 2.75) is 109 Å². The van der Waals surface area contributed by atoms with Crippen molar-refractivity contribution >= 4 is 22.5 Å². The van der Waals surface area contributed by atoms with Crippen LogP contribution in [0.2, 0.25) is 36.3 Å². The highest BCUT2D eigenvalue weighted by Gasteiger charge is 2.45. The average Bonchev–Trinajstić information content (AvgIpc) is 2.50. The van der Waals surface area contributed by atoms with Crippen molar-refractivity contribution in [3.63, 3.8) is 0 Å². The van der Waals surface area contributed by atoms with Gasteiger partial charge in [0, 0.05) is 13.5 Å². The summed E-state index contributed by atoms with van der Waals surface area (Å²) in [6.07, 6.45) is 6.28. The number of hydroxylamine groups is 2. The molecule has 0 rings (SSSR count). The van der Waals surface area contributed by atoms with E-state index in [2.05, 4.69) is 73.7 Å². The van der Waals surface area contributed by atoms with Crippen LogP contribution in [0.4, 0.5) is 0 Å². The summed E-state index contributed by atoms with van der Waals surface area (Å²) in [5, 5.41) is 1.30. The fourth-order valence-corrected chi connectivity index (χ4v) is 5.38.